The van der Waals surface area contributed by atoms with E-state index in [9.17, 15) is 8.42 Å². The summed E-state index contributed by atoms with van der Waals surface area (Å²) in [5, 5.41) is -0.290. The van der Waals surface area contributed by atoms with Crippen molar-refractivity contribution in [1.29, 1.82) is 0 Å². The summed E-state index contributed by atoms with van der Waals surface area (Å²) < 4.78 is 30.6. The lowest BCUT2D eigenvalue weighted by Gasteiger charge is -1.97. The second kappa shape index (κ2) is 8.02. The van der Waals surface area contributed by atoms with Crippen molar-refractivity contribution < 1.29 is 13.0 Å². The number of hydrogen-bond acceptors (Lipinski definition) is 4. The highest BCUT2D eigenvalue weighted by Gasteiger charge is 2.10. The number of pyridine rings is 2. The zero-order chi connectivity index (χ0) is 15.9. The maximum absolute atomic E-state index is 10.6. The van der Waals surface area contributed by atoms with Gasteiger partial charge in [0.15, 0.2) is 5.03 Å². The third-order valence-electron chi connectivity index (χ3n) is 2.62. The van der Waals surface area contributed by atoms with Gasteiger partial charge in [0.25, 0.3) is 0 Å². The van der Waals surface area contributed by atoms with Gasteiger partial charge in [-0.25, -0.2) is 4.98 Å². The predicted octanol–water partition coefficient (Wildman–Crippen LogP) is 3.20. The molecule has 114 valence electrons. The van der Waals surface area contributed by atoms with Crippen LogP contribution >= 0.6 is 12.2 Å². The van der Waals surface area contributed by atoms with Gasteiger partial charge in [-0.05, 0) is 37.1 Å². The molecule has 0 aromatic carbocycles. The predicted molar refractivity (Wildman–Crippen MR) is 84.4 cm³/mol. The molecule has 0 saturated carbocycles. The molecule has 0 amide bonds. The van der Waals surface area contributed by atoms with Gasteiger partial charge >= 0.3 is 10.1 Å². The van der Waals surface area contributed by atoms with E-state index in [1.165, 1.54) is 11.8 Å². The quantitative estimate of drug-likeness (QED) is 0.668. The lowest BCUT2D eigenvalue weighted by molar-refractivity contribution is 0.479. The van der Waals surface area contributed by atoms with Crippen molar-refractivity contribution in [3.63, 3.8) is 0 Å². The van der Waals surface area contributed by atoms with Crippen LogP contribution in [0.5, 0.6) is 0 Å². The van der Waals surface area contributed by atoms with Crippen LogP contribution in [-0.2, 0) is 23.0 Å². The van der Waals surface area contributed by atoms with E-state index >= 15 is 0 Å². The molecule has 0 aliphatic carbocycles. The normalized spacial score (nSPS) is 10.6. The molecule has 2 heterocycles. The van der Waals surface area contributed by atoms with Gasteiger partial charge in [-0.3, -0.25) is 4.55 Å². The summed E-state index contributed by atoms with van der Waals surface area (Å²) in [4.78, 5) is 6.80. The van der Waals surface area contributed by atoms with Gasteiger partial charge in [0.1, 0.15) is 4.64 Å². The van der Waals surface area contributed by atoms with Crippen LogP contribution in [0.1, 0.15) is 25.2 Å². The van der Waals surface area contributed by atoms with Crippen molar-refractivity contribution in [2.75, 3.05) is 0 Å². The van der Waals surface area contributed by atoms with Gasteiger partial charge in [-0.2, -0.15) is 8.42 Å². The molecule has 7 heteroatoms. The second-order valence-corrected chi connectivity index (χ2v) is 6.00. The van der Waals surface area contributed by atoms with Crippen LogP contribution in [-0.4, -0.2) is 22.9 Å². The summed E-state index contributed by atoms with van der Waals surface area (Å²) in [5.74, 6) is 0. The Morgan fingerprint density at radius 3 is 2.29 bits per heavy atom. The van der Waals surface area contributed by atoms with Gasteiger partial charge in [0, 0.05) is 11.4 Å². The summed E-state index contributed by atoms with van der Waals surface area (Å²) in [6.45, 7) is 3.96. The molecule has 0 radical (unpaired) electrons. The number of hydrogen-bond donors (Lipinski definition) is 2. The van der Waals surface area contributed by atoms with Crippen LogP contribution < -0.4 is 0 Å². The third-order valence-corrected chi connectivity index (χ3v) is 3.61. The Kier molecular flexibility index (Phi) is 6.67. The molecule has 2 aromatic rings. The zero-order valence-electron chi connectivity index (χ0n) is 11.9. The molecule has 5 nitrogen and oxygen atoms in total. The summed E-state index contributed by atoms with van der Waals surface area (Å²) in [6.07, 6.45) is 1.66. The molecule has 2 aromatic heterocycles. The van der Waals surface area contributed by atoms with Gasteiger partial charge in [0.05, 0.1) is 0 Å². The lowest BCUT2D eigenvalue weighted by Crippen LogP contribution is -2.02. The Balaban J connectivity index is 0.000000219. The number of nitrogens with zero attached hydrogens (tertiary/aromatic N) is 1. The van der Waals surface area contributed by atoms with Crippen molar-refractivity contribution in [3.8, 4) is 0 Å². The van der Waals surface area contributed by atoms with E-state index in [-0.39, 0.29) is 5.03 Å². The summed E-state index contributed by atoms with van der Waals surface area (Å²) in [5.41, 5.74) is 1.84. The first-order chi connectivity index (χ1) is 9.86. The fraction of sp³-hybridized carbons (Fsp3) is 0.286. The summed E-state index contributed by atoms with van der Waals surface area (Å²) in [7, 11) is -4.15. The topological polar surface area (TPSA) is 83.0 Å². The Morgan fingerprint density at radius 1 is 1.14 bits per heavy atom. The number of H-pyrrole nitrogens is 1. The molecule has 2 N–H and O–H groups in total. The zero-order valence-corrected chi connectivity index (χ0v) is 13.5. The van der Waals surface area contributed by atoms with E-state index in [0.717, 1.165) is 11.1 Å². The van der Waals surface area contributed by atoms with Gasteiger partial charge in [-0.1, -0.05) is 38.2 Å². The number of nitrogens with one attached hydrogen (secondary N) is 1. The van der Waals surface area contributed by atoms with Crippen LogP contribution in [0.15, 0.2) is 41.4 Å². The third kappa shape index (κ3) is 6.16. The number of aromatic amines is 1. The molecular formula is C14H18N2O3S2. The molecule has 0 aliphatic heterocycles. The largest absolute Gasteiger partial charge is 0.350 e. The molecular weight excluding hydrogens is 308 g/mol. The highest BCUT2D eigenvalue weighted by molar-refractivity contribution is 7.85. The Bertz CT molecular complexity index is 740. The average molecular weight is 326 g/mol. The first kappa shape index (κ1) is 17.5. The van der Waals surface area contributed by atoms with E-state index in [1.807, 2.05) is 25.1 Å². The maximum atomic E-state index is 10.6. The smallest absolute Gasteiger partial charge is 0.312 e. The van der Waals surface area contributed by atoms with E-state index in [0.29, 0.717) is 12.1 Å². The molecule has 21 heavy (non-hydrogen) atoms. The van der Waals surface area contributed by atoms with Gasteiger partial charge in [0.2, 0.25) is 0 Å². The number of aromatic nitrogens is 2. The fourth-order valence-corrected chi connectivity index (χ4v) is 2.19. The van der Waals surface area contributed by atoms with E-state index < -0.39 is 10.1 Å². The van der Waals surface area contributed by atoms with Crippen LogP contribution in [0.4, 0.5) is 0 Å². The van der Waals surface area contributed by atoms with Crippen molar-refractivity contribution in [2.24, 2.45) is 0 Å². The van der Waals surface area contributed by atoms with Crippen molar-refractivity contribution in [2.45, 2.75) is 31.7 Å². The van der Waals surface area contributed by atoms with Gasteiger partial charge in [-0.15, -0.1) is 0 Å². The minimum Gasteiger partial charge on any atom is -0.350 e. The maximum Gasteiger partial charge on any atom is 0.312 e. The van der Waals surface area contributed by atoms with E-state index in [2.05, 4.69) is 16.9 Å². The van der Waals surface area contributed by atoms with E-state index in [4.69, 9.17) is 16.8 Å². The SMILES string of the molecule is CCc1cccc(=S)[nH]1.CCc1cccc(S(=O)(=O)O)n1. The molecule has 0 fully saturated rings. The first-order valence-electron chi connectivity index (χ1n) is 6.48. The van der Waals surface area contributed by atoms with Crippen molar-refractivity contribution >= 4 is 22.3 Å². The molecule has 0 bridgehead atoms. The molecule has 2 rings (SSSR count). The van der Waals surface area contributed by atoms with Crippen LogP contribution in [0.2, 0.25) is 0 Å². The van der Waals surface area contributed by atoms with Crippen LogP contribution in [0.25, 0.3) is 0 Å². The van der Waals surface area contributed by atoms with Crippen molar-refractivity contribution in [3.05, 3.63) is 52.4 Å². The second-order valence-electron chi connectivity index (χ2n) is 4.19. The Morgan fingerprint density at radius 2 is 1.81 bits per heavy atom. The monoisotopic (exact) mass is 326 g/mol. The minimum absolute atomic E-state index is 0.290. The van der Waals surface area contributed by atoms with Crippen LogP contribution in [0.3, 0.4) is 0 Å². The average Bonchev–Trinajstić information content (AvgIpc) is 2.47. The Labute approximate surface area is 129 Å². The summed E-state index contributed by atoms with van der Waals surface area (Å²) >= 11 is 4.91. The van der Waals surface area contributed by atoms with E-state index in [1.54, 1.807) is 12.1 Å². The highest BCUT2D eigenvalue weighted by atomic mass is 32.2. The Hall–Kier alpha value is -1.57. The molecule has 0 saturated heterocycles. The first-order valence-corrected chi connectivity index (χ1v) is 8.33. The van der Waals surface area contributed by atoms with Crippen LogP contribution in [0, 0.1) is 4.64 Å². The minimum atomic E-state index is -4.15. The van der Waals surface area contributed by atoms with Gasteiger partial charge < -0.3 is 4.98 Å². The highest BCUT2D eigenvalue weighted by Crippen LogP contribution is 2.05. The standard InChI is InChI=1S/C7H9NO3S.C7H9NS/c1-2-6-4-3-5-7(8-6)12(9,10)11;1-2-6-4-3-5-7(9)8-6/h3-5H,2H2,1H3,(H,9,10,11);3-5H,2H2,1H3,(H,8,9). The molecule has 0 unspecified atom stereocenters. The number of rotatable bonds is 3. The number of aryl methyl sites for hydroxylation is 2. The summed E-state index contributed by atoms with van der Waals surface area (Å²) in [6, 6.07) is 10.4. The molecule has 0 spiro atoms. The fourth-order valence-electron chi connectivity index (χ4n) is 1.50. The lowest BCUT2D eigenvalue weighted by atomic mass is 10.3. The molecule has 0 atom stereocenters. The molecule has 0 aliphatic rings. The van der Waals surface area contributed by atoms with Crippen molar-refractivity contribution in [1.82, 2.24) is 9.97 Å².